The van der Waals surface area contributed by atoms with Gasteiger partial charge in [-0.15, -0.1) is 5.10 Å². The van der Waals surface area contributed by atoms with Gasteiger partial charge in [0.1, 0.15) is 5.69 Å². The lowest BCUT2D eigenvalue weighted by atomic mass is 10.1. The van der Waals surface area contributed by atoms with Crippen LogP contribution in [-0.2, 0) is 0 Å². The Labute approximate surface area is 125 Å². The van der Waals surface area contributed by atoms with Crippen LogP contribution in [0.5, 0.6) is 0 Å². The van der Waals surface area contributed by atoms with Crippen molar-refractivity contribution in [2.45, 2.75) is 0 Å². The topological polar surface area (TPSA) is 60.9 Å². The predicted octanol–water partition coefficient (Wildman–Crippen LogP) is 3.49. The van der Waals surface area contributed by atoms with E-state index < -0.39 is 0 Å². The van der Waals surface area contributed by atoms with E-state index >= 15 is 0 Å². The lowest BCUT2D eigenvalue weighted by molar-refractivity contribution is 0.111. The van der Waals surface area contributed by atoms with Crippen molar-refractivity contribution in [3.8, 4) is 17.1 Å². The van der Waals surface area contributed by atoms with Crippen LogP contribution in [0.2, 0.25) is 0 Å². The highest BCUT2D eigenvalue weighted by Crippen LogP contribution is 2.28. The third-order valence-electron chi connectivity index (χ3n) is 3.56. The van der Waals surface area contributed by atoms with Gasteiger partial charge < -0.3 is 4.42 Å². The van der Waals surface area contributed by atoms with Gasteiger partial charge in [-0.05, 0) is 23.6 Å². The second kappa shape index (κ2) is 4.96. The number of aromatic nitrogens is 3. The summed E-state index contributed by atoms with van der Waals surface area (Å²) >= 11 is 0. The van der Waals surface area contributed by atoms with Crippen LogP contribution in [0, 0.1) is 0 Å². The Morgan fingerprint density at radius 3 is 2.68 bits per heavy atom. The zero-order chi connectivity index (χ0) is 14.9. The first-order chi connectivity index (χ1) is 10.9. The number of fused-ring (bicyclic) bond motifs is 1. The van der Waals surface area contributed by atoms with Gasteiger partial charge in [-0.3, -0.25) is 4.79 Å². The molecule has 0 amide bonds. The number of nitrogens with zero attached hydrogens (tertiary/aromatic N) is 3. The molecule has 0 aliphatic carbocycles. The molecule has 0 N–H and O–H groups in total. The Bertz CT molecular complexity index is 950. The lowest BCUT2D eigenvalue weighted by Gasteiger charge is -2.08. The van der Waals surface area contributed by atoms with Gasteiger partial charge in [-0.2, -0.15) is 0 Å². The van der Waals surface area contributed by atoms with Crippen molar-refractivity contribution in [1.82, 2.24) is 15.0 Å². The first-order valence-corrected chi connectivity index (χ1v) is 6.81. The summed E-state index contributed by atoms with van der Waals surface area (Å²) in [5, 5.41) is 10.2. The van der Waals surface area contributed by atoms with E-state index in [2.05, 4.69) is 10.3 Å². The summed E-state index contributed by atoms with van der Waals surface area (Å²) in [5.41, 5.74) is 1.66. The van der Waals surface area contributed by atoms with E-state index in [4.69, 9.17) is 4.42 Å². The lowest BCUT2D eigenvalue weighted by Crippen LogP contribution is -2.00. The summed E-state index contributed by atoms with van der Waals surface area (Å²) < 4.78 is 7.08. The standard InChI is InChI=1S/C17H11N3O2/c21-11-14-17(16-9-4-10-22-16)20(19-18-14)15-8-3-6-12-5-1-2-7-13(12)15/h1-11H. The molecule has 22 heavy (non-hydrogen) atoms. The molecule has 5 nitrogen and oxygen atoms in total. The number of carbonyl (C=O) groups excluding carboxylic acids is 1. The second-order valence-corrected chi connectivity index (χ2v) is 4.83. The minimum Gasteiger partial charge on any atom is -0.463 e. The number of benzene rings is 2. The molecule has 0 saturated heterocycles. The fourth-order valence-corrected chi connectivity index (χ4v) is 2.58. The average molecular weight is 289 g/mol. The third kappa shape index (κ3) is 1.83. The van der Waals surface area contributed by atoms with E-state index in [1.165, 1.54) is 0 Å². The van der Waals surface area contributed by atoms with Crippen molar-refractivity contribution in [2.75, 3.05) is 0 Å². The number of rotatable bonds is 3. The Morgan fingerprint density at radius 2 is 1.86 bits per heavy atom. The smallest absolute Gasteiger partial charge is 0.172 e. The van der Waals surface area contributed by atoms with Crippen LogP contribution >= 0.6 is 0 Å². The summed E-state index contributed by atoms with van der Waals surface area (Å²) in [6, 6.07) is 17.5. The van der Waals surface area contributed by atoms with Crippen molar-refractivity contribution in [3.05, 3.63) is 66.6 Å². The minimum absolute atomic E-state index is 0.253. The third-order valence-corrected chi connectivity index (χ3v) is 3.56. The zero-order valence-corrected chi connectivity index (χ0v) is 11.5. The number of hydrogen-bond acceptors (Lipinski definition) is 4. The molecular weight excluding hydrogens is 278 g/mol. The largest absolute Gasteiger partial charge is 0.463 e. The van der Waals surface area contributed by atoms with Gasteiger partial charge in [0.05, 0.1) is 12.0 Å². The molecule has 0 aliphatic heterocycles. The van der Waals surface area contributed by atoms with Gasteiger partial charge in [-0.25, -0.2) is 4.68 Å². The summed E-state index contributed by atoms with van der Waals surface area (Å²) in [6.45, 7) is 0. The maximum atomic E-state index is 11.3. The Morgan fingerprint density at radius 1 is 1.00 bits per heavy atom. The van der Waals surface area contributed by atoms with Crippen molar-refractivity contribution in [1.29, 1.82) is 0 Å². The SMILES string of the molecule is O=Cc1nnn(-c2cccc3ccccc23)c1-c1ccco1. The highest BCUT2D eigenvalue weighted by atomic mass is 16.3. The molecular formula is C17H11N3O2. The first-order valence-electron chi connectivity index (χ1n) is 6.81. The van der Waals surface area contributed by atoms with Gasteiger partial charge in [-0.1, -0.05) is 41.6 Å². The molecule has 4 aromatic rings. The normalized spacial score (nSPS) is 10.9. The van der Waals surface area contributed by atoms with E-state index in [0.717, 1.165) is 16.5 Å². The number of carbonyl (C=O) groups is 1. The minimum atomic E-state index is 0.253. The second-order valence-electron chi connectivity index (χ2n) is 4.83. The van der Waals surface area contributed by atoms with Gasteiger partial charge in [0.25, 0.3) is 0 Å². The predicted molar refractivity (Wildman–Crippen MR) is 82.0 cm³/mol. The number of furan rings is 1. The fraction of sp³-hybridized carbons (Fsp3) is 0. The van der Waals surface area contributed by atoms with E-state index in [0.29, 0.717) is 17.7 Å². The highest BCUT2D eigenvalue weighted by Gasteiger charge is 2.19. The Hall–Kier alpha value is -3.21. The van der Waals surface area contributed by atoms with Gasteiger partial charge in [0.15, 0.2) is 17.7 Å². The molecule has 0 atom stereocenters. The van der Waals surface area contributed by atoms with Crippen LogP contribution < -0.4 is 0 Å². The Kier molecular flexibility index (Phi) is 2.83. The summed E-state index contributed by atoms with van der Waals surface area (Å²) in [4.78, 5) is 11.3. The van der Waals surface area contributed by atoms with Crippen LogP contribution in [0.15, 0.2) is 65.3 Å². The van der Waals surface area contributed by atoms with E-state index in [-0.39, 0.29) is 5.69 Å². The van der Waals surface area contributed by atoms with Crippen molar-refractivity contribution < 1.29 is 9.21 Å². The fourth-order valence-electron chi connectivity index (χ4n) is 2.58. The zero-order valence-electron chi connectivity index (χ0n) is 11.5. The van der Waals surface area contributed by atoms with Gasteiger partial charge in [0.2, 0.25) is 0 Å². The monoisotopic (exact) mass is 289 g/mol. The first kappa shape index (κ1) is 12.5. The summed E-state index contributed by atoms with van der Waals surface area (Å²) in [6.07, 6.45) is 2.25. The summed E-state index contributed by atoms with van der Waals surface area (Å²) in [7, 11) is 0. The van der Waals surface area contributed by atoms with Crippen molar-refractivity contribution >= 4 is 17.1 Å². The van der Waals surface area contributed by atoms with Gasteiger partial charge >= 0.3 is 0 Å². The molecule has 2 aromatic heterocycles. The van der Waals surface area contributed by atoms with Crippen LogP contribution in [0.25, 0.3) is 27.9 Å². The molecule has 5 heteroatoms. The van der Waals surface area contributed by atoms with Crippen molar-refractivity contribution in [3.63, 3.8) is 0 Å². The molecule has 0 saturated carbocycles. The molecule has 2 aromatic carbocycles. The molecule has 0 unspecified atom stereocenters. The van der Waals surface area contributed by atoms with Gasteiger partial charge in [0, 0.05) is 5.39 Å². The maximum absolute atomic E-state index is 11.3. The van der Waals surface area contributed by atoms with Crippen LogP contribution in [-0.4, -0.2) is 21.3 Å². The molecule has 0 radical (unpaired) electrons. The van der Waals surface area contributed by atoms with E-state index in [1.54, 1.807) is 23.1 Å². The molecule has 4 rings (SSSR count). The number of aldehydes is 1. The van der Waals surface area contributed by atoms with Crippen LogP contribution in [0.3, 0.4) is 0 Å². The maximum Gasteiger partial charge on any atom is 0.172 e. The van der Waals surface area contributed by atoms with Crippen LogP contribution in [0.1, 0.15) is 10.5 Å². The van der Waals surface area contributed by atoms with Crippen LogP contribution in [0.4, 0.5) is 0 Å². The van der Waals surface area contributed by atoms with E-state index in [9.17, 15) is 4.79 Å². The molecule has 0 fully saturated rings. The molecule has 2 heterocycles. The van der Waals surface area contributed by atoms with Crippen molar-refractivity contribution in [2.24, 2.45) is 0 Å². The molecule has 0 bridgehead atoms. The average Bonchev–Trinajstić information content (AvgIpc) is 3.23. The quantitative estimate of drug-likeness (QED) is 0.542. The Balaban J connectivity index is 2.04. The molecule has 0 spiro atoms. The highest BCUT2D eigenvalue weighted by molar-refractivity contribution is 5.91. The molecule has 0 aliphatic rings. The number of hydrogen-bond donors (Lipinski definition) is 0. The van der Waals surface area contributed by atoms with E-state index in [1.807, 2.05) is 42.5 Å². The summed E-state index contributed by atoms with van der Waals surface area (Å²) in [5.74, 6) is 0.556. The molecule has 106 valence electrons.